The van der Waals surface area contributed by atoms with Gasteiger partial charge in [-0.3, -0.25) is 0 Å². The Morgan fingerprint density at radius 1 is 0.750 bits per heavy atom. The monoisotopic (exact) mass is 311 g/mol. The minimum atomic E-state index is 0.911. The molecular formula is C23H21N. The normalized spacial score (nSPS) is 10.1. The van der Waals surface area contributed by atoms with E-state index in [0.29, 0.717) is 0 Å². The molecule has 0 heterocycles. The quantitative estimate of drug-likeness (QED) is 0.522. The van der Waals surface area contributed by atoms with Gasteiger partial charge in [-0.05, 0) is 61.0 Å². The minimum absolute atomic E-state index is 0.911. The zero-order valence-corrected chi connectivity index (χ0v) is 14.4. The number of hydrogen-bond acceptors (Lipinski definition) is 1. The van der Waals surface area contributed by atoms with Gasteiger partial charge in [-0.15, -0.1) is 0 Å². The van der Waals surface area contributed by atoms with Crippen LogP contribution in [-0.2, 0) is 0 Å². The summed E-state index contributed by atoms with van der Waals surface area (Å²) < 4.78 is 0. The van der Waals surface area contributed by atoms with E-state index in [4.69, 9.17) is 0 Å². The van der Waals surface area contributed by atoms with Crippen LogP contribution in [0.5, 0.6) is 0 Å². The number of benzene rings is 3. The number of hydrogen-bond donors (Lipinski definition) is 0. The lowest BCUT2D eigenvalue weighted by Crippen LogP contribution is -1.97. The second kappa shape index (κ2) is 7.12. The second-order valence-corrected chi connectivity index (χ2v) is 6.07. The van der Waals surface area contributed by atoms with E-state index in [1.807, 2.05) is 36.4 Å². The molecule has 0 N–H and O–H groups in total. The largest absolute Gasteiger partial charge is 0.206 e. The van der Waals surface area contributed by atoms with Crippen LogP contribution < -0.4 is 0 Å². The molecule has 0 amide bonds. The fourth-order valence-corrected chi connectivity index (χ4v) is 3.07. The molecule has 3 rings (SSSR count). The van der Waals surface area contributed by atoms with Crippen LogP contribution >= 0.6 is 0 Å². The molecule has 0 aromatic heterocycles. The predicted octanol–water partition coefficient (Wildman–Crippen LogP) is 6.04. The summed E-state index contributed by atoms with van der Waals surface area (Å²) >= 11 is 0. The molecule has 3 aromatic rings. The zero-order chi connectivity index (χ0) is 16.9. The van der Waals surface area contributed by atoms with Gasteiger partial charge in [0.2, 0.25) is 0 Å². The van der Waals surface area contributed by atoms with Gasteiger partial charge in [-0.1, -0.05) is 66.2 Å². The van der Waals surface area contributed by atoms with Crippen LogP contribution in [0, 0.1) is 20.8 Å². The highest BCUT2D eigenvalue weighted by atomic mass is 14.7. The van der Waals surface area contributed by atoms with Gasteiger partial charge in [0.25, 0.3) is 0 Å². The molecular weight excluding hydrogens is 290 g/mol. The number of para-hydroxylation sites is 1. The van der Waals surface area contributed by atoms with E-state index in [-0.39, 0.29) is 0 Å². The first-order valence-electron chi connectivity index (χ1n) is 8.17. The maximum absolute atomic E-state index is 4.58. The third-order valence-corrected chi connectivity index (χ3v) is 4.04. The predicted molar refractivity (Wildman–Crippen MR) is 103 cm³/mol. The molecule has 0 bridgehead atoms. The SMILES string of the molecule is Cc1cc(C)c(C(=C=Nc2ccccc2)c2ccccc2)c(C)c1. The molecule has 24 heavy (non-hydrogen) atoms. The molecule has 0 saturated heterocycles. The van der Waals surface area contributed by atoms with Crippen LogP contribution in [-0.4, -0.2) is 5.87 Å². The highest BCUT2D eigenvalue weighted by Crippen LogP contribution is 2.28. The molecule has 0 fully saturated rings. The third-order valence-electron chi connectivity index (χ3n) is 4.04. The van der Waals surface area contributed by atoms with E-state index in [2.05, 4.69) is 68.0 Å². The summed E-state index contributed by atoms with van der Waals surface area (Å²) in [5, 5.41) is 0. The van der Waals surface area contributed by atoms with E-state index in [1.165, 1.54) is 22.3 Å². The first-order chi connectivity index (χ1) is 11.6. The smallest absolute Gasteiger partial charge is 0.0729 e. The Morgan fingerprint density at radius 2 is 1.29 bits per heavy atom. The van der Waals surface area contributed by atoms with Crippen LogP contribution in [0.4, 0.5) is 5.69 Å². The van der Waals surface area contributed by atoms with Crippen molar-refractivity contribution in [2.45, 2.75) is 20.8 Å². The molecule has 0 atom stereocenters. The van der Waals surface area contributed by atoms with Crippen molar-refractivity contribution in [3.05, 3.63) is 101 Å². The Labute approximate surface area is 144 Å². The summed E-state index contributed by atoms with van der Waals surface area (Å²) in [4.78, 5) is 4.58. The number of aliphatic imine (C=N–C) groups is 1. The number of aryl methyl sites for hydroxylation is 3. The summed E-state index contributed by atoms with van der Waals surface area (Å²) in [5.74, 6) is 3.31. The molecule has 0 unspecified atom stereocenters. The van der Waals surface area contributed by atoms with Gasteiger partial charge in [0.15, 0.2) is 0 Å². The fraction of sp³-hybridized carbons (Fsp3) is 0.130. The average Bonchev–Trinajstić information content (AvgIpc) is 2.58. The Hall–Kier alpha value is -2.89. The van der Waals surface area contributed by atoms with Crippen LogP contribution in [0.1, 0.15) is 27.8 Å². The lowest BCUT2D eigenvalue weighted by Gasteiger charge is -2.13. The molecule has 0 aliphatic heterocycles. The summed E-state index contributed by atoms with van der Waals surface area (Å²) in [5.41, 5.74) is 8.08. The van der Waals surface area contributed by atoms with Gasteiger partial charge < -0.3 is 0 Å². The van der Waals surface area contributed by atoms with E-state index in [9.17, 15) is 0 Å². The molecule has 1 nitrogen and oxygen atoms in total. The Balaban J connectivity index is 2.23. The molecule has 3 aromatic carbocycles. The van der Waals surface area contributed by atoms with Gasteiger partial charge in [0, 0.05) is 0 Å². The maximum atomic E-state index is 4.58. The van der Waals surface area contributed by atoms with Crippen LogP contribution in [0.3, 0.4) is 0 Å². The summed E-state index contributed by atoms with van der Waals surface area (Å²) in [6, 6.07) is 24.8. The van der Waals surface area contributed by atoms with E-state index in [1.54, 1.807) is 0 Å². The van der Waals surface area contributed by atoms with Gasteiger partial charge in [-0.2, -0.15) is 0 Å². The molecule has 0 aliphatic carbocycles. The minimum Gasteiger partial charge on any atom is -0.206 e. The van der Waals surface area contributed by atoms with Crippen LogP contribution in [0.25, 0.3) is 5.57 Å². The first-order valence-corrected chi connectivity index (χ1v) is 8.17. The van der Waals surface area contributed by atoms with Crippen molar-refractivity contribution in [3.8, 4) is 0 Å². The maximum Gasteiger partial charge on any atom is 0.0729 e. The van der Waals surface area contributed by atoms with E-state index < -0.39 is 0 Å². The zero-order valence-electron chi connectivity index (χ0n) is 14.4. The molecule has 0 saturated carbocycles. The summed E-state index contributed by atoms with van der Waals surface area (Å²) in [6.45, 7) is 6.44. The highest BCUT2D eigenvalue weighted by molar-refractivity contribution is 6.01. The Morgan fingerprint density at radius 3 is 1.88 bits per heavy atom. The fourth-order valence-electron chi connectivity index (χ4n) is 3.07. The summed E-state index contributed by atoms with van der Waals surface area (Å²) in [7, 11) is 0. The van der Waals surface area contributed by atoms with Crippen LogP contribution in [0.15, 0.2) is 77.8 Å². The molecule has 118 valence electrons. The lowest BCUT2D eigenvalue weighted by molar-refractivity contribution is 1.29. The topological polar surface area (TPSA) is 12.4 Å². The molecule has 1 heteroatoms. The average molecular weight is 311 g/mol. The van der Waals surface area contributed by atoms with Crippen molar-refractivity contribution in [3.63, 3.8) is 0 Å². The molecule has 0 spiro atoms. The Bertz CT molecular complexity index is 876. The van der Waals surface area contributed by atoms with Crippen molar-refractivity contribution < 1.29 is 0 Å². The van der Waals surface area contributed by atoms with Gasteiger partial charge in [0.05, 0.1) is 11.3 Å². The van der Waals surface area contributed by atoms with Crippen molar-refractivity contribution in [1.29, 1.82) is 0 Å². The standard InChI is InChI=1S/C23H21N/c1-17-14-18(2)23(19(3)15-17)22(20-10-6-4-7-11-20)16-24-21-12-8-5-9-13-21/h4-15H,1-3H3. The number of rotatable bonds is 3. The van der Waals surface area contributed by atoms with Crippen molar-refractivity contribution in [2.75, 3.05) is 0 Å². The summed E-state index contributed by atoms with van der Waals surface area (Å²) in [6.07, 6.45) is 0. The highest BCUT2D eigenvalue weighted by Gasteiger charge is 2.11. The van der Waals surface area contributed by atoms with Crippen LogP contribution in [0.2, 0.25) is 0 Å². The second-order valence-electron chi connectivity index (χ2n) is 6.07. The first kappa shape index (κ1) is 16.0. The van der Waals surface area contributed by atoms with E-state index >= 15 is 0 Å². The van der Waals surface area contributed by atoms with E-state index in [0.717, 1.165) is 16.8 Å². The lowest BCUT2D eigenvalue weighted by atomic mass is 9.90. The van der Waals surface area contributed by atoms with Gasteiger partial charge >= 0.3 is 0 Å². The Kier molecular flexibility index (Phi) is 4.74. The molecule has 0 aliphatic rings. The van der Waals surface area contributed by atoms with Gasteiger partial charge in [0.1, 0.15) is 0 Å². The number of nitrogens with zero attached hydrogens (tertiary/aromatic N) is 1. The van der Waals surface area contributed by atoms with Crippen molar-refractivity contribution in [1.82, 2.24) is 0 Å². The van der Waals surface area contributed by atoms with Gasteiger partial charge in [-0.25, -0.2) is 4.99 Å². The van der Waals surface area contributed by atoms with Crippen molar-refractivity contribution in [2.24, 2.45) is 4.99 Å². The molecule has 0 radical (unpaired) electrons. The van der Waals surface area contributed by atoms with Crippen molar-refractivity contribution >= 4 is 17.1 Å². The third kappa shape index (κ3) is 3.53.